The van der Waals surface area contributed by atoms with E-state index in [1.54, 1.807) is 18.9 Å². The van der Waals surface area contributed by atoms with Gasteiger partial charge in [0.25, 0.3) is 0 Å². The minimum Gasteiger partial charge on any atom is -0.497 e. The maximum Gasteiger partial charge on any atom is 0.123 e. The number of ether oxygens (including phenoxy) is 1. The van der Waals surface area contributed by atoms with Crippen molar-refractivity contribution in [3.05, 3.63) is 47.9 Å². The molecule has 96 valence electrons. The summed E-state index contributed by atoms with van der Waals surface area (Å²) in [6.07, 6.45) is 2.07. The summed E-state index contributed by atoms with van der Waals surface area (Å²) in [6.45, 7) is 0.695. The lowest BCUT2D eigenvalue weighted by Crippen LogP contribution is -1.97. The molecule has 0 saturated heterocycles. The summed E-state index contributed by atoms with van der Waals surface area (Å²) in [5, 5.41) is 3.31. The van der Waals surface area contributed by atoms with Crippen molar-refractivity contribution < 1.29 is 9.15 Å². The van der Waals surface area contributed by atoms with Crippen LogP contribution in [0.15, 0.2) is 40.8 Å². The third-order valence-electron chi connectivity index (χ3n) is 2.56. The Bertz CT molecular complexity index is 479. The SMILES string of the molecule is COc1ccc(NCc2ccc(CSC)o2)cc1. The topological polar surface area (TPSA) is 34.4 Å². The van der Waals surface area contributed by atoms with Crippen LogP contribution < -0.4 is 10.1 Å². The zero-order valence-electron chi connectivity index (χ0n) is 10.6. The van der Waals surface area contributed by atoms with E-state index in [1.807, 2.05) is 36.4 Å². The van der Waals surface area contributed by atoms with Gasteiger partial charge in [0, 0.05) is 5.69 Å². The summed E-state index contributed by atoms with van der Waals surface area (Å²) in [7, 11) is 1.67. The van der Waals surface area contributed by atoms with Crippen molar-refractivity contribution >= 4 is 17.4 Å². The molecule has 0 atom stereocenters. The number of anilines is 1. The molecule has 0 bridgehead atoms. The lowest BCUT2D eigenvalue weighted by atomic mass is 10.3. The van der Waals surface area contributed by atoms with Crippen LogP contribution in [0.5, 0.6) is 5.75 Å². The van der Waals surface area contributed by atoms with E-state index in [1.165, 1.54) is 0 Å². The summed E-state index contributed by atoms with van der Waals surface area (Å²) >= 11 is 1.76. The van der Waals surface area contributed by atoms with E-state index in [4.69, 9.17) is 9.15 Å². The second kappa shape index (κ2) is 6.40. The Balaban J connectivity index is 1.89. The van der Waals surface area contributed by atoms with Gasteiger partial charge in [-0.15, -0.1) is 0 Å². The van der Waals surface area contributed by atoms with E-state index < -0.39 is 0 Å². The lowest BCUT2D eigenvalue weighted by molar-refractivity contribution is 0.415. The predicted molar refractivity (Wildman–Crippen MR) is 76.2 cm³/mol. The third kappa shape index (κ3) is 3.47. The molecule has 1 aromatic heterocycles. The highest BCUT2D eigenvalue weighted by atomic mass is 32.2. The summed E-state index contributed by atoms with van der Waals surface area (Å²) in [6, 6.07) is 11.9. The average Bonchev–Trinajstić information content (AvgIpc) is 2.85. The van der Waals surface area contributed by atoms with Crippen LogP contribution in [0.3, 0.4) is 0 Å². The van der Waals surface area contributed by atoms with Gasteiger partial charge in [0.15, 0.2) is 0 Å². The van der Waals surface area contributed by atoms with Crippen molar-refractivity contribution in [1.82, 2.24) is 0 Å². The van der Waals surface area contributed by atoms with Crippen LogP contribution in [-0.4, -0.2) is 13.4 Å². The van der Waals surface area contributed by atoms with Crippen molar-refractivity contribution in [2.45, 2.75) is 12.3 Å². The molecule has 4 heteroatoms. The second-order valence-corrected chi connectivity index (χ2v) is 4.75. The van der Waals surface area contributed by atoms with Crippen molar-refractivity contribution in [2.75, 3.05) is 18.7 Å². The van der Waals surface area contributed by atoms with Gasteiger partial charge in [0.1, 0.15) is 17.3 Å². The predicted octanol–water partition coefficient (Wildman–Crippen LogP) is 3.76. The number of furan rings is 1. The standard InChI is InChI=1S/C14H17NO2S/c1-16-12-5-3-11(4-6-12)15-9-13-7-8-14(17-13)10-18-2/h3-8,15H,9-10H2,1-2H3. The van der Waals surface area contributed by atoms with Crippen LogP contribution in [0, 0.1) is 0 Å². The molecule has 18 heavy (non-hydrogen) atoms. The van der Waals surface area contributed by atoms with Gasteiger partial charge in [-0.05, 0) is 42.7 Å². The highest BCUT2D eigenvalue weighted by molar-refractivity contribution is 7.97. The summed E-state index contributed by atoms with van der Waals surface area (Å²) < 4.78 is 10.8. The maximum absolute atomic E-state index is 5.68. The molecule has 0 radical (unpaired) electrons. The molecule has 2 aromatic rings. The summed E-state index contributed by atoms with van der Waals surface area (Å²) in [5.74, 6) is 3.76. The van der Waals surface area contributed by atoms with Crippen LogP contribution >= 0.6 is 11.8 Å². The quantitative estimate of drug-likeness (QED) is 0.860. The molecule has 1 N–H and O–H groups in total. The molecule has 2 rings (SSSR count). The van der Waals surface area contributed by atoms with Crippen molar-refractivity contribution in [3.8, 4) is 5.75 Å². The van der Waals surface area contributed by atoms with Gasteiger partial charge in [0.2, 0.25) is 0 Å². The zero-order valence-corrected chi connectivity index (χ0v) is 11.4. The molecule has 1 heterocycles. The number of benzene rings is 1. The monoisotopic (exact) mass is 263 g/mol. The van der Waals surface area contributed by atoms with Gasteiger partial charge in [-0.3, -0.25) is 0 Å². The normalized spacial score (nSPS) is 10.3. The van der Waals surface area contributed by atoms with Gasteiger partial charge in [0.05, 0.1) is 19.4 Å². The van der Waals surface area contributed by atoms with E-state index in [9.17, 15) is 0 Å². The fourth-order valence-corrected chi connectivity index (χ4v) is 2.07. The Hall–Kier alpha value is -1.55. The molecule has 0 fully saturated rings. The molecule has 0 amide bonds. The molecule has 1 aromatic carbocycles. The molecular weight excluding hydrogens is 246 g/mol. The number of rotatable bonds is 6. The zero-order chi connectivity index (χ0) is 12.8. The van der Waals surface area contributed by atoms with E-state index in [0.29, 0.717) is 6.54 Å². The number of methoxy groups -OCH3 is 1. The summed E-state index contributed by atoms with van der Waals surface area (Å²) in [5.41, 5.74) is 1.05. The number of nitrogens with one attached hydrogen (secondary N) is 1. The van der Waals surface area contributed by atoms with Crippen molar-refractivity contribution in [1.29, 1.82) is 0 Å². The third-order valence-corrected chi connectivity index (χ3v) is 3.13. The lowest BCUT2D eigenvalue weighted by Gasteiger charge is -2.05. The van der Waals surface area contributed by atoms with Gasteiger partial charge in [-0.1, -0.05) is 0 Å². The Morgan fingerprint density at radius 1 is 1.11 bits per heavy atom. The van der Waals surface area contributed by atoms with Crippen LogP contribution in [0.4, 0.5) is 5.69 Å². The second-order valence-electron chi connectivity index (χ2n) is 3.88. The number of hydrogen-bond donors (Lipinski definition) is 1. The molecule has 0 aliphatic rings. The first-order chi connectivity index (χ1) is 8.81. The molecule has 3 nitrogen and oxygen atoms in total. The molecule has 0 spiro atoms. The van der Waals surface area contributed by atoms with Crippen LogP contribution in [0.2, 0.25) is 0 Å². The van der Waals surface area contributed by atoms with E-state index in [2.05, 4.69) is 11.6 Å². The Morgan fingerprint density at radius 2 is 1.83 bits per heavy atom. The van der Waals surface area contributed by atoms with Crippen LogP contribution in [0.1, 0.15) is 11.5 Å². The fourth-order valence-electron chi connectivity index (χ4n) is 1.64. The molecule has 0 unspecified atom stereocenters. The largest absolute Gasteiger partial charge is 0.497 e. The summed E-state index contributed by atoms with van der Waals surface area (Å²) in [4.78, 5) is 0. The van der Waals surface area contributed by atoms with E-state index in [-0.39, 0.29) is 0 Å². The first-order valence-corrected chi connectivity index (χ1v) is 7.15. The number of hydrogen-bond acceptors (Lipinski definition) is 4. The van der Waals surface area contributed by atoms with Gasteiger partial charge in [-0.2, -0.15) is 11.8 Å². The van der Waals surface area contributed by atoms with Crippen LogP contribution in [0.25, 0.3) is 0 Å². The molecular formula is C14H17NO2S. The first-order valence-electron chi connectivity index (χ1n) is 5.76. The first kappa shape index (κ1) is 12.9. The average molecular weight is 263 g/mol. The number of thioether (sulfide) groups is 1. The molecule has 0 aliphatic carbocycles. The fraction of sp³-hybridized carbons (Fsp3) is 0.286. The van der Waals surface area contributed by atoms with Crippen molar-refractivity contribution in [2.24, 2.45) is 0 Å². The van der Waals surface area contributed by atoms with Crippen LogP contribution in [-0.2, 0) is 12.3 Å². The molecule has 0 aliphatic heterocycles. The highest BCUT2D eigenvalue weighted by Crippen LogP contribution is 2.17. The highest BCUT2D eigenvalue weighted by Gasteiger charge is 2.01. The van der Waals surface area contributed by atoms with Gasteiger partial charge in [-0.25, -0.2) is 0 Å². The maximum atomic E-state index is 5.68. The van der Waals surface area contributed by atoms with Crippen molar-refractivity contribution in [3.63, 3.8) is 0 Å². The minimum atomic E-state index is 0.695. The Labute approximate surface area is 112 Å². The Kier molecular flexibility index (Phi) is 4.59. The van der Waals surface area contributed by atoms with Gasteiger partial charge < -0.3 is 14.5 Å². The van der Waals surface area contributed by atoms with E-state index >= 15 is 0 Å². The van der Waals surface area contributed by atoms with Gasteiger partial charge >= 0.3 is 0 Å². The minimum absolute atomic E-state index is 0.695. The Morgan fingerprint density at radius 3 is 2.50 bits per heavy atom. The van der Waals surface area contributed by atoms with E-state index in [0.717, 1.165) is 28.7 Å². The smallest absolute Gasteiger partial charge is 0.123 e. The molecule has 0 saturated carbocycles.